The van der Waals surface area contributed by atoms with E-state index in [4.69, 9.17) is 29.6 Å². The highest BCUT2D eigenvalue weighted by molar-refractivity contribution is 7.53. The van der Waals surface area contributed by atoms with Gasteiger partial charge in [0, 0.05) is 19.3 Å². The van der Waals surface area contributed by atoms with Gasteiger partial charge in [0.1, 0.15) is 12.8 Å². The van der Waals surface area contributed by atoms with Crippen molar-refractivity contribution in [3.63, 3.8) is 0 Å². The number of aliphatic hydroxyl groups is 2. The molecule has 1 fully saturated rings. The molecular formula is C14H28N2O8P+. The zero-order valence-corrected chi connectivity index (χ0v) is 15.5. The van der Waals surface area contributed by atoms with E-state index in [1.165, 1.54) is 33.2 Å². The standard InChI is InChI=1S/C11H19N2O6P.C3H8O2/c1-3-13(7-6-10(14)12-2)11-5-4-9(19-11)8-18-20(15,16)17;1-3(2,4)5/h3,6-7,9,11,15-17H,1,4-5,8H2,2H3;4-5H,1-2H3/p+1/b7-6-;. The van der Waals surface area contributed by atoms with Crippen LogP contribution in [0.3, 0.4) is 0 Å². The number of nitrogens with one attached hydrogen (secondary N) is 1. The van der Waals surface area contributed by atoms with Gasteiger partial charge < -0.3 is 25.2 Å². The fourth-order valence-corrected chi connectivity index (χ4v) is 2.09. The van der Waals surface area contributed by atoms with E-state index in [0.717, 1.165) is 0 Å². The van der Waals surface area contributed by atoms with Crippen LogP contribution >= 0.6 is 8.17 Å². The number of hydrogen-bond donors (Lipinski definition) is 6. The molecule has 0 saturated carbocycles. The molecule has 11 heteroatoms. The SMILES string of the molecule is C=CN(/C=C\C(=O)NC)C1CCC(CO[P+](O)(O)O)O1.CC(C)(O)O. The van der Waals surface area contributed by atoms with Gasteiger partial charge in [-0.05, 0) is 32.9 Å². The van der Waals surface area contributed by atoms with Gasteiger partial charge in [0.25, 0.3) is 0 Å². The van der Waals surface area contributed by atoms with Crippen LogP contribution in [0, 0.1) is 0 Å². The van der Waals surface area contributed by atoms with Gasteiger partial charge in [-0.1, -0.05) is 6.58 Å². The average molecular weight is 383 g/mol. The Balaban J connectivity index is 0.00000101. The van der Waals surface area contributed by atoms with Gasteiger partial charge >= 0.3 is 8.17 Å². The summed E-state index contributed by atoms with van der Waals surface area (Å²) >= 11 is 0. The van der Waals surface area contributed by atoms with Gasteiger partial charge in [0.2, 0.25) is 5.91 Å². The van der Waals surface area contributed by atoms with E-state index in [-0.39, 0.29) is 24.8 Å². The summed E-state index contributed by atoms with van der Waals surface area (Å²) in [6.45, 7) is 6.12. The second-order valence-corrected chi connectivity index (χ2v) is 6.94. The van der Waals surface area contributed by atoms with Crippen molar-refractivity contribution in [1.82, 2.24) is 10.2 Å². The molecule has 6 N–H and O–H groups in total. The zero-order valence-electron chi connectivity index (χ0n) is 14.6. The molecule has 0 aliphatic carbocycles. The first-order chi connectivity index (χ1) is 11.4. The molecule has 0 aromatic heterocycles. The molecule has 1 rings (SSSR count). The maximum atomic E-state index is 11.1. The number of hydrogen-bond acceptors (Lipinski definition) is 9. The maximum absolute atomic E-state index is 11.1. The van der Waals surface area contributed by atoms with Crippen LogP contribution < -0.4 is 5.32 Å². The number of carbonyl (C=O) groups excluding carboxylic acids is 1. The first-order valence-corrected chi connectivity index (χ1v) is 9.04. The van der Waals surface area contributed by atoms with E-state index in [9.17, 15) is 4.79 Å². The molecule has 0 bridgehead atoms. The van der Waals surface area contributed by atoms with Crippen molar-refractivity contribution in [3.8, 4) is 0 Å². The lowest BCUT2D eigenvalue weighted by molar-refractivity contribution is -0.127. The summed E-state index contributed by atoms with van der Waals surface area (Å²) in [6, 6.07) is 0. The largest absolute Gasteiger partial charge is 0.567 e. The van der Waals surface area contributed by atoms with Gasteiger partial charge in [-0.3, -0.25) is 4.79 Å². The number of ether oxygens (including phenoxy) is 1. The molecule has 2 atom stereocenters. The molecule has 0 spiro atoms. The Bertz CT molecular complexity index is 441. The molecule has 10 nitrogen and oxygen atoms in total. The lowest BCUT2D eigenvalue weighted by Crippen LogP contribution is -2.28. The van der Waals surface area contributed by atoms with Crippen molar-refractivity contribution in [3.05, 3.63) is 25.1 Å². The Morgan fingerprint density at radius 3 is 2.40 bits per heavy atom. The Labute approximate surface area is 147 Å². The predicted molar refractivity (Wildman–Crippen MR) is 91.2 cm³/mol. The highest BCUT2D eigenvalue weighted by atomic mass is 31.2. The predicted octanol–water partition coefficient (Wildman–Crippen LogP) is -0.425. The molecule has 0 aromatic rings. The van der Waals surface area contributed by atoms with Crippen LogP contribution in [0.5, 0.6) is 0 Å². The van der Waals surface area contributed by atoms with Crippen LogP contribution in [-0.4, -0.2) is 67.5 Å². The number of likely N-dealkylation sites (N-methyl/N-ethyl adjacent to an activating group) is 1. The first-order valence-electron chi connectivity index (χ1n) is 7.47. The third kappa shape index (κ3) is 13.8. The van der Waals surface area contributed by atoms with Gasteiger partial charge in [-0.15, -0.1) is 0 Å². The van der Waals surface area contributed by atoms with Crippen molar-refractivity contribution in [2.45, 2.75) is 44.8 Å². The average Bonchev–Trinajstić information content (AvgIpc) is 2.92. The molecule has 0 radical (unpaired) electrons. The highest BCUT2D eigenvalue weighted by Gasteiger charge is 2.37. The maximum Gasteiger partial charge on any atom is 0.567 e. The third-order valence-corrected chi connectivity index (χ3v) is 3.20. The fourth-order valence-electron chi connectivity index (χ4n) is 1.72. The molecule has 25 heavy (non-hydrogen) atoms. The summed E-state index contributed by atoms with van der Waals surface area (Å²) in [5.74, 6) is -1.75. The third-order valence-electron chi connectivity index (χ3n) is 2.71. The molecule has 1 amide bonds. The number of amides is 1. The van der Waals surface area contributed by atoms with E-state index in [1.807, 2.05) is 0 Å². The van der Waals surface area contributed by atoms with Crippen molar-refractivity contribution >= 4 is 14.1 Å². The van der Waals surface area contributed by atoms with Crippen LogP contribution in [0.1, 0.15) is 26.7 Å². The number of nitrogens with zero attached hydrogens (tertiary/aromatic N) is 1. The number of rotatable bonds is 7. The number of carbonyl (C=O) groups is 1. The molecule has 1 saturated heterocycles. The summed E-state index contributed by atoms with van der Waals surface area (Å²) in [5, 5.41) is 18.6. The Morgan fingerprint density at radius 2 is 1.96 bits per heavy atom. The van der Waals surface area contributed by atoms with E-state index in [0.29, 0.717) is 12.8 Å². The van der Waals surface area contributed by atoms with Crippen molar-refractivity contribution in [1.29, 1.82) is 0 Å². The summed E-state index contributed by atoms with van der Waals surface area (Å²) in [5.41, 5.74) is 0. The lowest BCUT2D eigenvalue weighted by Gasteiger charge is -2.23. The lowest BCUT2D eigenvalue weighted by atomic mass is 10.2. The topological polar surface area (TPSA) is 152 Å². The molecular weight excluding hydrogens is 355 g/mol. The summed E-state index contributed by atoms with van der Waals surface area (Å²) in [4.78, 5) is 39.0. The van der Waals surface area contributed by atoms with Crippen molar-refractivity contribution < 1.29 is 38.9 Å². The second kappa shape index (κ2) is 10.8. The Kier molecular flexibility index (Phi) is 10.3. The van der Waals surface area contributed by atoms with Gasteiger partial charge in [0.05, 0.1) is 6.10 Å². The quantitative estimate of drug-likeness (QED) is 0.195. The first kappa shape index (κ1) is 23.9. The minimum Gasteiger partial charge on any atom is -0.366 e. The van der Waals surface area contributed by atoms with Crippen molar-refractivity contribution in [2.24, 2.45) is 0 Å². The molecule has 1 aliphatic rings. The molecule has 2 unspecified atom stereocenters. The Hall–Kier alpha value is -1.10. The minimum atomic E-state index is -4.23. The summed E-state index contributed by atoms with van der Waals surface area (Å²) in [6.07, 6.45) is 5.03. The molecule has 1 aliphatic heterocycles. The molecule has 0 aromatic carbocycles. The molecule has 1 heterocycles. The van der Waals surface area contributed by atoms with E-state index in [2.05, 4.69) is 16.4 Å². The van der Waals surface area contributed by atoms with E-state index >= 15 is 0 Å². The van der Waals surface area contributed by atoms with Crippen LogP contribution in [0.25, 0.3) is 0 Å². The second-order valence-electron chi connectivity index (χ2n) is 5.65. The zero-order chi connectivity index (χ0) is 19.7. The van der Waals surface area contributed by atoms with Gasteiger partial charge in [-0.2, -0.15) is 19.2 Å². The van der Waals surface area contributed by atoms with Crippen LogP contribution in [0.15, 0.2) is 25.1 Å². The van der Waals surface area contributed by atoms with Crippen LogP contribution in [0.2, 0.25) is 0 Å². The van der Waals surface area contributed by atoms with Crippen LogP contribution in [-0.2, 0) is 14.1 Å². The van der Waals surface area contributed by atoms with Gasteiger partial charge in [-0.25, -0.2) is 0 Å². The monoisotopic (exact) mass is 383 g/mol. The van der Waals surface area contributed by atoms with Gasteiger partial charge in [0.15, 0.2) is 5.79 Å². The Morgan fingerprint density at radius 1 is 1.40 bits per heavy atom. The molecule has 146 valence electrons. The van der Waals surface area contributed by atoms with E-state index in [1.54, 1.807) is 11.1 Å². The van der Waals surface area contributed by atoms with Crippen LogP contribution in [0.4, 0.5) is 0 Å². The minimum absolute atomic E-state index is 0.113. The fraction of sp³-hybridized carbons (Fsp3) is 0.643. The van der Waals surface area contributed by atoms with Crippen molar-refractivity contribution in [2.75, 3.05) is 13.7 Å². The summed E-state index contributed by atoms with van der Waals surface area (Å²) in [7, 11) is -2.70. The highest BCUT2D eigenvalue weighted by Crippen LogP contribution is 2.46. The van der Waals surface area contributed by atoms with E-state index < -0.39 is 14.0 Å². The normalized spacial score (nSPS) is 20.8. The summed E-state index contributed by atoms with van der Waals surface area (Å²) < 4.78 is 10.1. The smallest absolute Gasteiger partial charge is 0.366 e.